The van der Waals surface area contributed by atoms with Crippen molar-refractivity contribution in [1.29, 1.82) is 0 Å². The van der Waals surface area contributed by atoms with Crippen molar-refractivity contribution >= 4 is 23.6 Å². The summed E-state index contributed by atoms with van der Waals surface area (Å²) in [6.45, 7) is 20.2. The summed E-state index contributed by atoms with van der Waals surface area (Å²) in [6, 6.07) is -1.52. The van der Waals surface area contributed by atoms with Crippen LogP contribution in [0.4, 0.5) is 0 Å². The normalized spacial score (nSPS) is 21.6. The summed E-state index contributed by atoms with van der Waals surface area (Å²) in [7, 11) is 1.76. The summed E-state index contributed by atoms with van der Waals surface area (Å²) in [5.74, 6) is -0.483. The standard InChI is InChI=1S/C34H61N5O4/c1-11-12-14-19-35-30(40)26-18-16-21-39(26)32(42)25(6)22-28(23(2)3)37(10)33(43)29(34(7,8)9)36-31(41)27-17-13-15-20-38(27)24(4)5/h22-24,26-29H,11-21H2,1-10H3,(H,35,40)(H,36,41)/b25-22+/t26-,27?,28+,29?/m0/s1. The van der Waals surface area contributed by atoms with Crippen LogP contribution in [0.25, 0.3) is 0 Å². The average Bonchev–Trinajstić information content (AvgIpc) is 3.44. The summed E-state index contributed by atoms with van der Waals surface area (Å²) in [4.78, 5) is 59.8. The van der Waals surface area contributed by atoms with Crippen LogP contribution in [0.3, 0.4) is 0 Å². The monoisotopic (exact) mass is 603 g/mol. The highest BCUT2D eigenvalue weighted by atomic mass is 16.2. The van der Waals surface area contributed by atoms with Crippen LogP contribution in [0.2, 0.25) is 0 Å². The summed E-state index contributed by atoms with van der Waals surface area (Å²) >= 11 is 0. The minimum atomic E-state index is -0.717. The molecule has 0 spiro atoms. The van der Waals surface area contributed by atoms with Crippen molar-refractivity contribution in [2.75, 3.05) is 26.7 Å². The van der Waals surface area contributed by atoms with E-state index in [-0.39, 0.29) is 47.7 Å². The van der Waals surface area contributed by atoms with Crippen LogP contribution in [-0.2, 0) is 19.2 Å². The Balaban J connectivity index is 2.21. The molecule has 4 atom stereocenters. The Kier molecular flexibility index (Phi) is 14.2. The highest BCUT2D eigenvalue weighted by Gasteiger charge is 2.40. The molecular formula is C34H61N5O4. The number of likely N-dealkylation sites (tertiary alicyclic amines) is 2. The molecule has 0 radical (unpaired) electrons. The Morgan fingerprint density at radius 2 is 1.58 bits per heavy atom. The minimum Gasteiger partial charge on any atom is -0.354 e. The Morgan fingerprint density at radius 3 is 2.16 bits per heavy atom. The largest absolute Gasteiger partial charge is 0.354 e. The number of carbonyl (C=O) groups is 4. The van der Waals surface area contributed by atoms with Crippen LogP contribution in [0.5, 0.6) is 0 Å². The highest BCUT2D eigenvalue weighted by Crippen LogP contribution is 2.27. The third-order valence-corrected chi connectivity index (χ3v) is 9.04. The zero-order valence-electron chi connectivity index (χ0n) is 28.8. The maximum atomic E-state index is 14.1. The van der Waals surface area contributed by atoms with Gasteiger partial charge in [0.25, 0.3) is 0 Å². The lowest BCUT2D eigenvalue weighted by Crippen LogP contribution is -2.60. The van der Waals surface area contributed by atoms with Crippen LogP contribution < -0.4 is 10.6 Å². The van der Waals surface area contributed by atoms with Gasteiger partial charge in [0, 0.05) is 31.8 Å². The van der Waals surface area contributed by atoms with Gasteiger partial charge in [0.1, 0.15) is 12.1 Å². The van der Waals surface area contributed by atoms with E-state index >= 15 is 0 Å². The molecule has 2 aliphatic heterocycles. The van der Waals surface area contributed by atoms with Gasteiger partial charge in [-0.15, -0.1) is 0 Å². The van der Waals surface area contributed by atoms with Gasteiger partial charge < -0.3 is 20.4 Å². The number of amides is 4. The second-order valence-corrected chi connectivity index (χ2v) is 14.3. The van der Waals surface area contributed by atoms with Gasteiger partial charge in [-0.05, 0) is 70.8 Å². The van der Waals surface area contributed by atoms with Gasteiger partial charge >= 0.3 is 0 Å². The maximum Gasteiger partial charge on any atom is 0.249 e. The van der Waals surface area contributed by atoms with E-state index in [0.29, 0.717) is 25.1 Å². The van der Waals surface area contributed by atoms with Gasteiger partial charge in [-0.2, -0.15) is 0 Å². The number of nitrogens with zero attached hydrogens (tertiary/aromatic N) is 3. The van der Waals surface area contributed by atoms with Crippen molar-refractivity contribution in [3.8, 4) is 0 Å². The molecule has 2 fully saturated rings. The van der Waals surface area contributed by atoms with Crippen LogP contribution >= 0.6 is 0 Å². The molecule has 4 amide bonds. The first-order chi connectivity index (χ1) is 20.1. The van der Waals surface area contributed by atoms with Gasteiger partial charge in [0.15, 0.2) is 0 Å². The average molecular weight is 604 g/mol. The Hall–Kier alpha value is -2.42. The number of nitrogens with one attached hydrogen (secondary N) is 2. The summed E-state index contributed by atoms with van der Waals surface area (Å²) < 4.78 is 0. The first-order valence-electron chi connectivity index (χ1n) is 16.7. The van der Waals surface area contributed by atoms with Gasteiger partial charge in [0.2, 0.25) is 23.6 Å². The summed E-state index contributed by atoms with van der Waals surface area (Å²) in [6.07, 6.45) is 9.27. The van der Waals surface area contributed by atoms with E-state index in [1.165, 1.54) is 0 Å². The first-order valence-corrected chi connectivity index (χ1v) is 16.7. The SMILES string of the molecule is CCCCCNC(=O)[C@@H]1CCCN1C(=O)/C(C)=C/[C@H](C(C)C)N(C)C(=O)C(NC(=O)C1CCCCN1C(C)C)C(C)(C)C. The minimum absolute atomic E-state index is 0.0269. The molecule has 0 bridgehead atoms. The molecule has 0 saturated carbocycles. The molecule has 246 valence electrons. The molecule has 0 aromatic rings. The smallest absolute Gasteiger partial charge is 0.249 e. The second-order valence-electron chi connectivity index (χ2n) is 14.3. The van der Waals surface area contributed by atoms with Crippen LogP contribution in [0.15, 0.2) is 11.6 Å². The van der Waals surface area contributed by atoms with E-state index in [4.69, 9.17) is 0 Å². The van der Waals surface area contributed by atoms with E-state index in [2.05, 4.69) is 36.3 Å². The molecule has 2 rings (SSSR count). The lowest BCUT2D eigenvalue weighted by Gasteiger charge is -2.41. The van der Waals surface area contributed by atoms with Gasteiger partial charge in [-0.25, -0.2) is 0 Å². The van der Waals surface area contributed by atoms with E-state index in [1.54, 1.807) is 23.8 Å². The first kappa shape index (κ1) is 36.8. The maximum absolute atomic E-state index is 14.1. The number of hydrogen-bond acceptors (Lipinski definition) is 5. The number of likely N-dealkylation sites (N-methyl/N-ethyl adjacent to an activating group) is 1. The highest BCUT2D eigenvalue weighted by molar-refractivity contribution is 5.97. The topological polar surface area (TPSA) is 102 Å². The fraction of sp³-hybridized carbons (Fsp3) is 0.824. The molecule has 2 heterocycles. The second kappa shape index (κ2) is 16.6. The molecule has 0 aliphatic carbocycles. The number of piperidine rings is 1. The van der Waals surface area contributed by atoms with Crippen LogP contribution in [0, 0.1) is 11.3 Å². The van der Waals surface area contributed by atoms with Crippen LogP contribution in [-0.4, -0.2) is 95.2 Å². The summed E-state index contributed by atoms with van der Waals surface area (Å²) in [5, 5.41) is 6.14. The Bertz CT molecular complexity index is 986. The number of carbonyl (C=O) groups excluding carboxylic acids is 4. The molecular weight excluding hydrogens is 542 g/mol. The zero-order valence-corrected chi connectivity index (χ0v) is 28.8. The molecule has 2 N–H and O–H groups in total. The van der Waals surface area contributed by atoms with E-state index in [0.717, 1.165) is 51.5 Å². The lowest BCUT2D eigenvalue weighted by molar-refractivity contribution is -0.142. The molecule has 2 aliphatic rings. The third-order valence-electron chi connectivity index (χ3n) is 9.04. The zero-order chi connectivity index (χ0) is 32.5. The Labute approximate surface area is 261 Å². The van der Waals surface area contributed by atoms with E-state index < -0.39 is 17.5 Å². The van der Waals surface area contributed by atoms with Crippen molar-refractivity contribution in [3.05, 3.63) is 11.6 Å². The van der Waals surface area contributed by atoms with Crippen LogP contribution in [0.1, 0.15) is 114 Å². The fourth-order valence-corrected chi connectivity index (χ4v) is 6.38. The molecule has 43 heavy (non-hydrogen) atoms. The molecule has 2 saturated heterocycles. The molecule has 0 aromatic heterocycles. The predicted octanol–water partition coefficient (Wildman–Crippen LogP) is 4.51. The van der Waals surface area contributed by atoms with E-state index in [1.807, 2.05) is 40.7 Å². The number of hydrogen-bond donors (Lipinski definition) is 2. The van der Waals surface area contributed by atoms with Crippen molar-refractivity contribution in [3.63, 3.8) is 0 Å². The fourth-order valence-electron chi connectivity index (χ4n) is 6.38. The molecule has 2 unspecified atom stereocenters. The third kappa shape index (κ3) is 10.0. The molecule has 9 heteroatoms. The number of rotatable bonds is 13. The van der Waals surface area contributed by atoms with Gasteiger partial charge in [0.05, 0.1) is 12.1 Å². The van der Waals surface area contributed by atoms with Crippen molar-refractivity contribution in [1.82, 2.24) is 25.3 Å². The van der Waals surface area contributed by atoms with Gasteiger partial charge in [-0.3, -0.25) is 24.1 Å². The molecule has 9 nitrogen and oxygen atoms in total. The molecule has 0 aromatic carbocycles. The van der Waals surface area contributed by atoms with Gasteiger partial charge in [-0.1, -0.05) is 66.9 Å². The van der Waals surface area contributed by atoms with Crippen molar-refractivity contribution in [2.24, 2.45) is 11.3 Å². The van der Waals surface area contributed by atoms with E-state index in [9.17, 15) is 19.2 Å². The Morgan fingerprint density at radius 1 is 0.930 bits per heavy atom. The van der Waals surface area contributed by atoms with Crippen molar-refractivity contribution in [2.45, 2.75) is 144 Å². The predicted molar refractivity (Wildman–Crippen MR) is 173 cm³/mol. The number of unbranched alkanes of at least 4 members (excludes halogenated alkanes) is 2. The quantitative estimate of drug-likeness (QED) is 0.238. The van der Waals surface area contributed by atoms with Crippen molar-refractivity contribution < 1.29 is 19.2 Å². The summed E-state index contributed by atoms with van der Waals surface area (Å²) in [5.41, 5.74) is 0.0111. The lowest BCUT2D eigenvalue weighted by atomic mass is 9.84.